The lowest BCUT2D eigenvalue weighted by Gasteiger charge is -2.29. The molecule has 0 spiro atoms. The summed E-state index contributed by atoms with van der Waals surface area (Å²) in [5.41, 5.74) is 6.40. The van der Waals surface area contributed by atoms with Gasteiger partial charge in [0.05, 0.1) is 0 Å². The third-order valence-electron chi connectivity index (χ3n) is 2.75. The Morgan fingerprint density at radius 3 is 3.00 bits per heavy atom. The van der Waals surface area contributed by atoms with E-state index in [1.165, 1.54) is 0 Å². The lowest BCUT2D eigenvalue weighted by atomic mass is 9.93. The second-order valence-electron chi connectivity index (χ2n) is 4.23. The third-order valence-corrected chi connectivity index (χ3v) is 4.05. The van der Waals surface area contributed by atoms with E-state index in [0.29, 0.717) is 18.6 Å². The highest BCUT2D eigenvalue weighted by Gasteiger charge is 2.32. The molecule has 1 unspecified atom stereocenters. The molecular weight excluding hydrogens is 209 g/mol. The first-order valence-electron chi connectivity index (χ1n) is 5.29. The van der Waals surface area contributed by atoms with Crippen molar-refractivity contribution in [2.75, 3.05) is 17.2 Å². The van der Waals surface area contributed by atoms with Crippen molar-refractivity contribution in [1.82, 2.24) is 0 Å². The van der Waals surface area contributed by atoms with Crippen LogP contribution in [0, 0.1) is 0 Å². The number of rotatable bonds is 2. The van der Waals surface area contributed by atoms with Crippen LogP contribution in [0.3, 0.4) is 0 Å². The summed E-state index contributed by atoms with van der Waals surface area (Å²) in [5, 5.41) is 0. The van der Waals surface area contributed by atoms with Crippen molar-refractivity contribution in [2.45, 2.75) is 24.9 Å². The topological polar surface area (TPSA) is 26.0 Å². The highest BCUT2D eigenvalue weighted by atomic mass is 32.2. The zero-order valence-electron chi connectivity index (χ0n) is 8.71. The second-order valence-corrected chi connectivity index (χ2v) is 5.33. The summed E-state index contributed by atoms with van der Waals surface area (Å²) in [7, 11) is 0. The number of benzene rings is 1. The Balaban J connectivity index is 2.06. The van der Waals surface area contributed by atoms with Gasteiger partial charge in [-0.3, -0.25) is 0 Å². The Kier molecular flexibility index (Phi) is 3.19. The highest BCUT2D eigenvalue weighted by Crippen LogP contribution is 2.33. The molecule has 1 fully saturated rings. The summed E-state index contributed by atoms with van der Waals surface area (Å²) >= 11 is 1.72. The van der Waals surface area contributed by atoms with E-state index in [-0.39, 0.29) is 0 Å². The number of anilines is 1. The van der Waals surface area contributed by atoms with E-state index in [1.54, 1.807) is 11.8 Å². The molecule has 0 aromatic heterocycles. The molecule has 1 nitrogen and oxygen atoms in total. The third kappa shape index (κ3) is 2.88. The summed E-state index contributed by atoms with van der Waals surface area (Å²) in [6.45, 7) is 0. The fraction of sp³-hybridized carbons (Fsp3) is 0.500. The number of halogens is 1. The van der Waals surface area contributed by atoms with Gasteiger partial charge in [-0.15, -0.1) is 0 Å². The summed E-state index contributed by atoms with van der Waals surface area (Å²) in [4.78, 5) is 0. The number of hydrogen-bond donors (Lipinski definition) is 1. The molecule has 0 bridgehead atoms. The maximum absolute atomic E-state index is 14.3. The largest absolute Gasteiger partial charge is 0.399 e. The van der Waals surface area contributed by atoms with Crippen molar-refractivity contribution in [3.05, 3.63) is 29.8 Å². The fourth-order valence-corrected chi connectivity index (χ4v) is 3.13. The smallest absolute Gasteiger partial charge is 0.124 e. The molecule has 1 atom stereocenters. The van der Waals surface area contributed by atoms with Crippen molar-refractivity contribution >= 4 is 17.4 Å². The Morgan fingerprint density at radius 1 is 1.47 bits per heavy atom. The molecule has 15 heavy (non-hydrogen) atoms. The molecule has 1 heterocycles. The van der Waals surface area contributed by atoms with Crippen LogP contribution in [0.4, 0.5) is 10.1 Å². The Hall–Kier alpha value is -0.700. The minimum atomic E-state index is -1.02. The molecule has 2 N–H and O–H groups in total. The summed E-state index contributed by atoms with van der Waals surface area (Å²) in [5.74, 6) is 1.73. The van der Waals surface area contributed by atoms with Gasteiger partial charge in [0.25, 0.3) is 0 Å². The van der Waals surface area contributed by atoms with Crippen LogP contribution in [0.5, 0.6) is 0 Å². The van der Waals surface area contributed by atoms with Gasteiger partial charge in [-0.05, 0) is 36.3 Å². The standard InChI is InChI=1S/C12H16FNS/c13-12(5-2-6-15-9-12)8-10-3-1-4-11(14)7-10/h1,3-4,7H,2,5-6,8-9,14H2. The van der Waals surface area contributed by atoms with Crippen molar-refractivity contribution in [3.63, 3.8) is 0 Å². The van der Waals surface area contributed by atoms with E-state index < -0.39 is 5.67 Å². The summed E-state index contributed by atoms with van der Waals surface area (Å²) in [6, 6.07) is 7.56. The van der Waals surface area contributed by atoms with Gasteiger partial charge in [-0.1, -0.05) is 12.1 Å². The van der Waals surface area contributed by atoms with Crippen LogP contribution < -0.4 is 5.73 Å². The lowest BCUT2D eigenvalue weighted by Crippen LogP contribution is -2.32. The molecule has 3 heteroatoms. The monoisotopic (exact) mass is 225 g/mol. The van der Waals surface area contributed by atoms with Gasteiger partial charge in [0.15, 0.2) is 0 Å². The van der Waals surface area contributed by atoms with Gasteiger partial charge >= 0.3 is 0 Å². The van der Waals surface area contributed by atoms with Gasteiger partial charge in [0.2, 0.25) is 0 Å². The van der Waals surface area contributed by atoms with Crippen LogP contribution >= 0.6 is 11.8 Å². The highest BCUT2D eigenvalue weighted by molar-refractivity contribution is 7.99. The van der Waals surface area contributed by atoms with Crippen molar-refractivity contribution in [3.8, 4) is 0 Å². The zero-order valence-corrected chi connectivity index (χ0v) is 9.52. The zero-order chi connectivity index (χ0) is 10.7. The Labute approximate surface area is 94.2 Å². The van der Waals surface area contributed by atoms with Gasteiger partial charge in [0, 0.05) is 17.9 Å². The van der Waals surface area contributed by atoms with Crippen molar-refractivity contribution < 1.29 is 4.39 Å². The number of thioether (sulfide) groups is 1. The van der Waals surface area contributed by atoms with Gasteiger partial charge in [-0.25, -0.2) is 4.39 Å². The van der Waals surface area contributed by atoms with Crippen LogP contribution in [0.1, 0.15) is 18.4 Å². The van der Waals surface area contributed by atoms with Crippen molar-refractivity contribution in [2.24, 2.45) is 0 Å². The number of hydrogen-bond acceptors (Lipinski definition) is 2. The molecule has 2 rings (SSSR count). The van der Waals surface area contributed by atoms with Crippen LogP contribution in [-0.2, 0) is 6.42 Å². The first-order valence-corrected chi connectivity index (χ1v) is 6.45. The predicted molar refractivity (Wildman–Crippen MR) is 65.0 cm³/mol. The SMILES string of the molecule is Nc1cccc(CC2(F)CCCSC2)c1. The molecule has 1 aromatic carbocycles. The summed E-state index contributed by atoms with van der Waals surface area (Å²) in [6.07, 6.45) is 2.18. The average Bonchev–Trinajstić information content (AvgIpc) is 2.18. The quantitative estimate of drug-likeness (QED) is 0.783. The van der Waals surface area contributed by atoms with Crippen LogP contribution in [-0.4, -0.2) is 17.2 Å². The molecule has 82 valence electrons. The molecule has 1 aliphatic heterocycles. The van der Waals surface area contributed by atoms with Gasteiger partial charge < -0.3 is 5.73 Å². The minimum absolute atomic E-state index is 0.505. The van der Waals surface area contributed by atoms with Crippen LogP contribution in [0.15, 0.2) is 24.3 Å². The number of alkyl halides is 1. The molecule has 0 saturated carbocycles. The van der Waals surface area contributed by atoms with Gasteiger partial charge in [0.1, 0.15) is 5.67 Å². The first kappa shape index (κ1) is 10.8. The maximum Gasteiger partial charge on any atom is 0.124 e. The van der Waals surface area contributed by atoms with Crippen LogP contribution in [0.25, 0.3) is 0 Å². The number of nitrogen functional groups attached to an aromatic ring is 1. The molecule has 0 aliphatic carbocycles. The van der Waals surface area contributed by atoms with Gasteiger partial charge in [-0.2, -0.15) is 11.8 Å². The molecular formula is C12H16FNS. The van der Waals surface area contributed by atoms with E-state index >= 15 is 0 Å². The minimum Gasteiger partial charge on any atom is -0.399 e. The van der Waals surface area contributed by atoms with E-state index in [4.69, 9.17) is 5.73 Å². The molecule has 1 saturated heterocycles. The van der Waals surface area contributed by atoms with E-state index in [0.717, 1.165) is 23.4 Å². The fourth-order valence-electron chi connectivity index (χ4n) is 2.03. The predicted octanol–water partition coefficient (Wildman–Crippen LogP) is 3.05. The van der Waals surface area contributed by atoms with E-state index in [9.17, 15) is 4.39 Å². The first-order chi connectivity index (χ1) is 7.18. The molecule has 1 aliphatic rings. The molecule has 0 radical (unpaired) electrons. The second kappa shape index (κ2) is 4.44. The molecule has 1 aromatic rings. The van der Waals surface area contributed by atoms with Crippen molar-refractivity contribution in [1.29, 1.82) is 0 Å². The van der Waals surface area contributed by atoms with Crippen LogP contribution in [0.2, 0.25) is 0 Å². The molecule has 0 amide bonds. The Morgan fingerprint density at radius 2 is 2.33 bits per heavy atom. The maximum atomic E-state index is 14.3. The summed E-state index contributed by atoms with van der Waals surface area (Å²) < 4.78 is 14.3. The van der Waals surface area contributed by atoms with E-state index in [2.05, 4.69) is 0 Å². The average molecular weight is 225 g/mol. The Bertz CT molecular complexity index is 334. The normalized spacial score (nSPS) is 26.5. The number of nitrogens with two attached hydrogens (primary N) is 1. The lowest BCUT2D eigenvalue weighted by molar-refractivity contribution is 0.176. The van der Waals surface area contributed by atoms with E-state index in [1.807, 2.05) is 24.3 Å².